The summed E-state index contributed by atoms with van der Waals surface area (Å²) in [6.45, 7) is 4.13. The number of para-hydroxylation sites is 1. The number of nitrogens with zero attached hydrogens (tertiary/aromatic N) is 6. The van der Waals surface area contributed by atoms with Crippen LogP contribution in [0.15, 0.2) is 60.8 Å². The highest BCUT2D eigenvalue weighted by Crippen LogP contribution is 2.34. The molecule has 5 aromatic rings. The minimum absolute atomic E-state index is 0.233. The van der Waals surface area contributed by atoms with Gasteiger partial charge in [0.15, 0.2) is 11.5 Å². The summed E-state index contributed by atoms with van der Waals surface area (Å²) >= 11 is 6.21. The fourth-order valence-corrected chi connectivity index (χ4v) is 4.43. The van der Waals surface area contributed by atoms with Crippen LogP contribution in [0.2, 0.25) is 5.02 Å². The Morgan fingerprint density at radius 1 is 1.16 bits per heavy atom. The molecule has 0 fully saturated rings. The number of halogens is 1. The number of amides is 1. The van der Waals surface area contributed by atoms with E-state index in [4.69, 9.17) is 21.4 Å². The van der Waals surface area contributed by atoms with E-state index in [1.54, 1.807) is 36.2 Å². The van der Waals surface area contributed by atoms with E-state index < -0.39 is 6.04 Å². The van der Waals surface area contributed by atoms with Gasteiger partial charge in [-0.3, -0.25) is 9.78 Å². The van der Waals surface area contributed by atoms with Crippen molar-refractivity contribution < 1.29 is 9.53 Å². The fourth-order valence-electron chi connectivity index (χ4n) is 4.26. The third-order valence-electron chi connectivity index (χ3n) is 5.92. The monoisotopic (exact) mass is 516 g/mol. The number of H-pyrrole nitrogens is 1. The van der Waals surface area contributed by atoms with Crippen LogP contribution in [0.4, 0.5) is 0 Å². The average molecular weight is 517 g/mol. The van der Waals surface area contributed by atoms with Crippen molar-refractivity contribution in [1.82, 2.24) is 40.7 Å². The number of methoxy groups -OCH3 is 1. The van der Waals surface area contributed by atoms with Crippen molar-refractivity contribution in [2.24, 2.45) is 5.92 Å². The first-order valence-electron chi connectivity index (χ1n) is 11.8. The van der Waals surface area contributed by atoms with Crippen LogP contribution in [0, 0.1) is 5.92 Å². The molecule has 0 radical (unpaired) electrons. The van der Waals surface area contributed by atoms with Crippen molar-refractivity contribution in [1.29, 1.82) is 0 Å². The molecule has 0 spiro atoms. The summed E-state index contributed by atoms with van der Waals surface area (Å²) in [6.07, 6.45) is 2.33. The zero-order valence-electron chi connectivity index (χ0n) is 20.5. The van der Waals surface area contributed by atoms with Gasteiger partial charge in [-0.25, -0.2) is 4.68 Å². The number of carbonyl (C=O) groups is 1. The minimum atomic E-state index is -0.421. The third-order valence-corrected chi connectivity index (χ3v) is 6.16. The number of aromatic nitrogens is 7. The fraction of sp³-hybridized carbons (Fsp3) is 0.231. The van der Waals surface area contributed by atoms with Crippen LogP contribution in [-0.2, 0) is 0 Å². The van der Waals surface area contributed by atoms with Crippen LogP contribution in [0.25, 0.3) is 27.8 Å². The molecule has 0 aliphatic heterocycles. The second-order valence-corrected chi connectivity index (χ2v) is 9.38. The van der Waals surface area contributed by atoms with E-state index >= 15 is 0 Å². The number of ether oxygens (including phenoxy) is 1. The largest absolute Gasteiger partial charge is 0.496 e. The third kappa shape index (κ3) is 5.01. The lowest BCUT2D eigenvalue weighted by Gasteiger charge is -2.16. The highest BCUT2D eigenvalue weighted by atomic mass is 35.5. The van der Waals surface area contributed by atoms with Crippen LogP contribution in [0.3, 0.4) is 0 Å². The van der Waals surface area contributed by atoms with Gasteiger partial charge in [0.05, 0.1) is 30.0 Å². The smallest absolute Gasteiger partial charge is 0.272 e. The molecule has 0 saturated heterocycles. The normalized spacial score (nSPS) is 12.1. The van der Waals surface area contributed by atoms with E-state index in [1.807, 2.05) is 36.4 Å². The van der Waals surface area contributed by atoms with Gasteiger partial charge in [0, 0.05) is 22.2 Å². The van der Waals surface area contributed by atoms with Crippen molar-refractivity contribution in [3.05, 3.63) is 77.3 Å². The first kappa shape index (κ1) is 24.4. The molecule has 37 heavy (non-hydrogen) atoms. The second-order valence-electron chi connectivity index (χ2n) is 8.94. The Labute approximate surface area is 218 Å². The van der Waals surface area contributed by atoms with Crippen LogP contribution in [0.1, 0.15) is 42.6 Å². The van der Waals surface area contributed by atoms with Gasteiger partial charge in [0.25, 0.3) is 5.91 Å². The summed E-state index contributed by atoms with van der Waals surface area (Å²) in [4.78, 5) is 17.9. The highest BCUT2D eigenvalue weighted by Gasteiger charge is 2.25. The van der Waals surface area contributed by atoms with E-state index in [9.17, 15) is 4.79 Å². The van der Waals surface area contributed by atoms with Crippen molar-refractivity contribution in [3.63, 3.8) is 0 Å². The molecule has 0 unspecified atom stereocenters. The van der Waals surface area contributed by atoms with Gasteiger partial charge < -0.3 is 10.1 Å². The molecule has 188 valence electrons. The SMILES string of the molecule is COc1ccccc1-c1cc(C(=O)N[C@@H](CC(C)C)c2nn[nH]n2)nn1-c1ccnc2cc(Cl)ccc12. The first-order valence-corrected chi connectivity index (χ1v) is 12.1. The molecule has 0 aliphatic carbocycles. The Balaban J connectivity index is 1.63. The summed E-state index contributed by atoms with van der Waals surface area (Å²) < 4.78 is 7.36. The minimum Gasteiger partial charge on any atom is -0.496 e. The average Bonchev–Trinajstić information content (AvgIpc) is 3.58. The van der Waals surface area contributed by atoms with E-state index in [1.165, 1.54) is 0 Å². The number of hydrogen-bond donors (Lipinski definition) is 2. The number of hydrogen-bond acceptors (Lipinski definition) is 7. The molecule has 11 heteroatoms. The summed E-state index contributed by atoms with van der Waals surface area (Å²) in [5, 5.41) is 23.4. The number of carbonyl (C=O) groups excluding carboxylic acids is 1. The summed E-state index contributed by atoms with van der Waals surface area (Å²) in [5.41, 5.74) is 3.17. The van der Waals surface area contributed by atoms with Crippen LogP contribution in [-0.4, -0.2) is 48.4 Å². The van der Waals surface area contributed by atoms with Gasteiger partial charge in [-0.1, -0.05) is 42.8 Å². The molecule has 0 bridgehead atoms. The Morgan fingerprint density at radius 3 is 2.76 bits per heavy atom. The number of nitrogens with one attached hydrogen (secondary N) is 2. The lowest BCUT2D eigenvalue weighted by Crippen LogP contribution is -2.30. The molecule has 1 amide bonds. The molecular formula is C26H25ClN8O2. The maximum absolute atomic E-state index is 13.5. The van der Waals surface area contributed by atoms with Crippen molar-refractivity contribution >= 4 is 28.4 Å². The second kappa shape index (κ2) is 10.4. The molecule has 2 aromatic carbocycles. The van der Waals surface area contributed by atoms with Gasteiger partial charge >= 0.3 is 0 Å². The zero-order valence-corrected chi connectivity index (χ0v) is 21.3. The summed E-state index contributed by atoms with van der Waals surface area (Å²) in [5.74, 6) is 1.01. The standard InChI is InChI=1S/C26H25ClN8O2/c1-15(2)12-20(25-30-33-34-31-25)29-26(36)21-14-23(18-6-4-5-7-24(18)37-3)35(32-21)22-10-11-28-19-13-16(27)8-9-17(19)22/h4-11,13-15,20H,12H2,1-3H3,(H,29,36)(H,30,31,33,34)/t20-/m0/s1. The highest BCUT2D eigenvalue weighted by molar-refractivity contribution is 6.31. The van der Waals surface area contributed by atoms with Crippen molar-refractivity contribution in [2.75, 3.05) is 7.11 Å². The molecule has 2 N–H and O–H groups in total. The van der Waals surface area contributed by atoms with Crippen LogP contribution >= 0.6 is 11.6 Å². The number of pyridine rings is 1. The zero-order chi connectivity index (χ0) is 25.9. The van der Waals surface area contributed by atoms with E-state index in [0.29, 0.717) is 40.1 Å². The number of benzene rings is 2. The predicted molar refractivity (Wildman–Crippen MR) is 140 cm³/mol. The molecule has 1 atom stereocenters. The number of aromatic amines is 1. The molecule has 3 heterocycles. The number of tetrazole rings is 1. The van der Waals surface area contributed by atoms with Gasteiger partial charge in [-0.05, 0) is 54.8 Å². The number of fused-ring (bicyclic) bond motifs is 1. The molecule has 10 nitrogen and oxygen atoms in total. The molecule has 0 saturated carbocycles. The van der Waals surface area contributed by atoms with Crippen molar-refractivity contribution in [2.45, 2.75) is 26.3 Å². The molecule has 3 aromatic heterocycles. The Morgan fingerprint density at radius 2 is 2.00 bits per heavy atom. The lowest BCUT2D eigenvalue weighted by atomic mass is 10.0. The van der Waals surface area contributed by atoms with Crippen molar-refractivity contribution in [3.8, 4) is 22.7 Å². The van der Waals surface area contributed by atoms with E-state index in [2.05, 4.69) is 44.8 Å². The predicted octanol–water partition coefficient (Wildman–Crippen LogP) is 4.78. The Hall–Kier alpha value is -4.31. The van der Waals surface area contributed by atoms with Crippen LogP contribution < -0.4 is 10.1 Å². The topological polar surface area (TPSA) is 124 Å². The quantitative estimate of drug-likeness (QED) is 0.304. The molecule has 5 rings (SSSR count). The molecular weight excluding hydrogens is 492 g/mol. The lowest BCUT2D eigenvalue weighted by molar-refractivity contribution is 0.0924. The van der Waals surface area contributed by atoms with Gasteiger partial charge in [0.1, 0.15) is 5.75 Å². The summed E-state index contributed by atoms with van der Waals surface area (Å²) in [7, 11) is 1.61. The maximum atomic E-state index is 13.5. The van der Waals surface area contributed by atoms with Gasteiger partial charge in [-0.15, -0.1) is 10.2 Å². The van der Waals surface area contributed by atoms with Gasteiger partial charge in [0.2, 0.25) is 0 Å². The first-order chi connectivity index (χ1) is 17.9. The van der Waals surface area contributed by atoms with E-state index in [0.717, 1.165) is 16.6 Å². The summed E-state index contributed by atoms with van der Waals surface area (Å²) in [6, 6.07) is 16.3. The van der Waals surface area contributed by atoms with Crippen LogP contribution in [0.5, 0.6) is 5.75 Å². The number of rotatable bonds is 8. The van der Waals surface area contributed by atoms with Gasteiger partial charge in [-0.2, -0.15) is 10.3 Å². The Kier molecular flexibility index (Phi) is 6.82. The molecule has 0 aliphatic rings. The maximum Gasteiger partial charge on any atom is 0.272 e. The van der Waals surface area contributed by atoms with E-state index in [-0.39, 0.29) is 11.6 Å². The Bertz CT molecular complexity index is 1550.